The van der Waals surface area contributed by atoms with Crippen LogP contribution in [0.25, 0.3) is 0 Å². The van der Waals surface area contributed by atoms with Gasteiger partial charge in [0.1, 0.15) is 5.82 Å². The molecule has 0 aromatic heterocycles. The number of aliphatic hydroxyl groups excluding tert-OH is 1. The van der Waals surface area contributed by atoms with E-state index in [4.69, 9.17) is 4.74 Å². The minimum absolute atomic E-state index is 0.0778. The van der Waals surface area contributed by atoms with Gasteiger partial charge in [0.2, 0.25) is 0 Å². The van der Waals surface area contributed by atoms with E-state index in [9.17, 15) is 9.50 Å². The standard InChI is InChI=1S/C12H17BrFNO2/c1-8(2)17-7-10(16)6-15-12-4-3-9(13)5-11(12)14/h3-5,8,10,15-16H,6-7H2,1-2H3. The van der Waals surface area contributed by atoms with Crippen LogP contribution in [0.15, 0.2) is 22.7 Å². The summed E-state index contributed by atoms with van der Waals surface area (Å²) in [5, 5.41) is 12.4. The molecule has 0 fully saturated rings. The van der Waals surface area contributed by atoms with Crippen molar-refractivity contribution in [1.29, 1.82) is 0 Å². The van der Waals surface area contributed by atoms with Crippen molar-refractivity contribution in [2.75, 3.05) is 18.5 Å². The van der Waals surface area contributed by atoms with Crippen molar-refractivity contribution < 1.29 is 14.2 Å². The van der Waals surface area contributed by atoms with Crippen LogP contribution in [0.3, 0.4) is 0 Å². The predicted octanol–water partition coefficient (Wildman–Crippen LogP) is 2.79. The zero-order chi connectivity index (χ0) is 12.8. The molecule has 96 valence electrons. The molecule has 0 saturated heterocycles. The van der Waals surface area contributed by atoms with Gasteiger partial charge in [-0.3, -0.25) is 0 Å². The second-order valence-electron chi connectivity index (χ2n) is 4.04. The van der Waals surface area contributed by atoms with Crippen LogP contribution in [0.5, 0.6) is 0 Å². The molecule has 1 aromatic carbocycles. The Balaban J connectivity index is 2.39. The molecule has 1 unspecified atom stereocenters. The van der Waals surface area contributed by atoms with Crippen molar-refractivity contribution in [1.82, 2.24) is 0 Å². The van der Waals surface area contributed by atoms with Crippen LogP contribution in [0.4, 0.5) is 10.1 Å². The molecular weight excluding hydrogens is 289 g/mol. The molecule has 0 amide bonds. The molecule has 0 saturated carbocycles. The van der Waals surface area contributed by atoms with Crippen molar-refractivity contribution in [3.05, 3.63) is 28.5 Å². The third-order valence-corrected chi connectivity index (χ3v) is 2.57. The van der Waals surface area contributed by atoms with Crippen molar-refractivity contribution in [2.45, 2.75) is 26.1 Å². The molecule has 17 heavy (non-hydrogen) atoms. The SMILES string of the molecule is CC(C)OCC(O)CNc1ccc(Br)cc1F. The van der Waals surface area contributed by atoms with Gasteiger partial charge in [-0.15, -0.1) is 0 Å². The van der Waals surface area contributed by atoms with Gasteiger partial charge in [-0.1, -0.05) is 15.9 Å². The molecule has 1 aromatic rings. The number of hydrogen-bond acceptors (Lipinski definition) is 3. The number of halogens is 2. The van der Waals surface area contributed by atoms with E-state index in [0.717, 1.165) is 0 Å². The largest absolute Gasteiger partial charge is 0.389 e. The topological polar surface area (TPSA) is 41.5 Å². The van der Waals surface area contributed by atoms with Crippen molar-refractivity contribution >= 4 is 21.6 Å². The Morgan fingerprint density at radius 2 is 2.18 bits per heavy atom. The number of benzene rings is 1. The number of nitrogens with one attached hydrogen (secondary N) is 1. The van der Waals surface area contributed by atoms with Crippen molar-refractivity contribution in [3.63, 3.8) is 0 Å². The first-order valence-electron chi connectivity index (χ1n) is 5.47. The fraction of sp³-hybridized carbons (Fsp3) is 0.500. The molecule has 0 radical (unpaired) electrons. The van der Waals surface area contributed by atoms with E-state index in [1.807, 2.05) is 13.8 Å². The number of rotatable bonds is 6. The molecule has 0 aliphatic rings. The molecule has 1 rings (SSSR count). The molecule has 0 bridgehead atoms. The summed E-state index contributed by atoms with van der Waals surface area (Å²) in [4.78, 5) is 0. The Hall–Kier alpha value is -0.650. The lowest BCUT2D eigenvalue weighted by Crippen LogP contribution is -2.26. The Morgan fingerprint density at radius 1 is 1.47 bits per heavy atom. The maximum absolute atomic E-state index is 13.4. The van der Waals surface area contributed by atoms with E-state index < -0.39 is 6.10 Å². The normalized spacial score (nSPS) is 12.8. The first kappa shape index (κ1) is 14.4. The summed E-state index contributed by atoms with van der Waals surface area (Å²) in [5.41, 5.74) is 0.372. The van der Waals surface area contributed by atoms with Crippen LogP contribution in [0.2, 0.25) is 0 Å². The van der Waals surface area contributed by atoms with E-state index >= 15 is 0 Å². The Bertz CT molecular complexity index is 360. The van der Waals surface area contributed by atoms with Crippen LogP contribution in [0, 0.1) is 5.82 Å². The number of ether oxygens (including phenoxy) is 1. The first-order valence-corrected chi connectivity index (χ1v) is 6.27. The quantitative estimate of drug-likeness (QED) is 0.849. The fourth-order valence-electron chi connectivity index (χ4n) is 1.22. The summed E-state index contributed by atoms with van der Waals surface area (Å²) < 4.78 is 19.3. The van der Waals surface area contributed by atoms with Crippen LogP contribution >= 0.6 is 15.9 Å². The van der Waals surface area contributed by atoms with E-state index in [1.165, 1.54) is 6.07 Å². The number of hydrogen-bond donors (Lipinski definition) is 2. The van der Waals surface area contributed by atoms with E-state index in [0.29, 0.717) is 10.2 Å². The Morgan fingerprint density at radius 3 is 2.76 bits per heavy atom. The average molecular weight is 306 g/mol. The monoisotopic (exact) mass is 305 g/mol. The van der Waals surface area contributed by atoms with Gasteiger partial charge in [0.05, 0.1) is 24.5 Å². The smallest absolute Gasteiger partial charge is 0.147 e. The van der Waals surface area contributed by atoms with Gasteiger partial charge in [0.15, 0.2) is 0 Å². The highest BCUT2D eigenvalue weighted by molar-refractivity contribution is 9.10. The maximum Gasteiger partial charge on any atom is 0.147 e. The first-order chi connectivity index (χ1) is 7.99. The highest BCUT2D eigenvalue weighted by Gasteiger charge is 2.07. The summed E-state index contributed by atoms with van der Waals surface area (Å²) in [6, 6.07) is 4.73. The summed E-state index contributed by atoms with van der Waals surface area (Å²) in [6.45, 7) is 4.29. The number of anilines is 1. The lowest BCUT2D eigenvalue weighted by Gasteiger charge is -2.15. The lowest BCUT2D eigenvalue weighted by molar-refractivity contribution is 0.0112. The summed E-state index contributed by atoms with van der Waals surface area (Å²) in [7, 11) is 0. The highest BCUT2D eigenvalue weighted by Crippen LogP contribution is 2.19. The zero-order valence-electron chi connectivity index (χ0n) is 9.91. The zero-order valence-corrected chi connectivity index (χ0v) is 11.5. The summed E-state index contributed by atoms with van der Waals surface area (Å²) in [5.74, 6) is -0.351. The van der Waals surface area contributed by atoms with E-state index in [1.54, 1.807) is 12.1 Å². The molecule has 0 heterocycles. The van der Waals surface area contributed by atoms with Gasteiger partial charge >= 0.3 is 0 Å². The third kappa shape index (κ3) is 5.48. The molecule has 3 nitrogen and oxygen atoms in total. The van der Waals surface area contributed by atoms with Gasteiger partial charge in [0, 0.05) is 11.0 Å². The predicted molar refractivity (Wildman–Crippen MR) is 69.7 cm³/mol. The summed E-state index contributed by atoms with van der Waals surface area (Å²) in [6.07, 6.45) is -0.575. The molecule has 0 spiro atoms. The molecule has 0 aliphatic heterocycles. The third-order valence-electron chi connectivity index (χ3n) is 2.08. The Labute approximate surface area is 109 Å². The lowest BCUT2D eigenvalue weighted by atomic mass is 10.3. The second-order valence-corrected chi connectivity index (χ2v) is 4.96. The van der Waals surface area contributed by atoms with Crippen LogP contribution in [-0.4, -0.2) is 30.5 Å². The fourth-order valence-corrected chi connectivity index (χ4v) is 1.56. The highest BCUT2D eigenvalue weighted by atomic mass is 79.9. The minimum Gasteiger partial charge on any atom is -0.389 e. The van der Waals surface area contributed by atoms with Gasteiger partial charge < -0.3 is 15.2 Å². The number of aliphatic hydroxyl groups is 1. The van der Waals surface area contributed by atoms with E-state index in [-0.39, 0.29) is 25.1 Å². The van der Waals surface area contributed by atoms with Gasteiger partial charge in [0.25, 0.3) is 0 Å². The van der Waals surface area contributed by atoms with E-state index in [2.05, 4.69) is 21.2 Å². The molecule has 1 atom stereocenters. The molecule has 2 N–H and O–H groups in total. The van der Waals surface area contributed by atoms with Gasteiger partial charge in [-0.2, -0.15) is 0 Å². The van der Waals surface area contributed by atoms with Gasteiger partial charge in [-0.05, 0) is 32.0 Å². The molecule has 0 aliphatic carbocycles. The minimum atomic E-state index is -0.652. The summed E-state index contributed by atoms with van der Waals surface area (Å²) >= 11 is 3.18. The van der Waals surface area contributed by atoms with Crippen molar-refractivity contribution in [3.8, 4) is 0 Å². The van der Waals surface area contributed by atoms with Crippen LogP contribution in [-0.2, 0) is 4.74 Å². The second kappa shape index (κ2) is 6.93. The Kier molecular flexibility index (Phi) is 5.88. The molecular formula is C12H17BrFNO2. The van der Waals surface area contributed by atoms with Crippen LogP contribution in [0.1, 0.15) is 13.8 Å². The van der Waals surface area contributed by atoms with Crippen LogP contribution < -0.4 is 5.32 Å². The molecule has 5 heteroatoms. The van der Waals surface area contributed by atoms with Crippen molar-refractivity contribution in [2.24, 2.45) is 0 Å². The van der Waals surface area contributed by atoms with Gasteiger partial charge in [-0.25, -0.2) is 4.39 Å². The average Bonchev–Trinajstić information content (AvgIpc) is 2.25. The maximum atomic E-state index is 13.4.